The highest BCUT2D eigenvalue weighted by Gasteiger charge is 2.34. The van der Waals surface area contributed by atoms with Crippen molar-refractivity contribution in [3.63, 3.8) is 0 Å². The molecule has 156 valence electrons. The molecule has 1 amide bonds. The van der Waals surface area contributed by atoms with Crippen LogP contribution in [0.2, 0.25) is 0 Å². The zero-order valence-corrected chi connectivity index (χ0v) is 18.1. The summed E-state index contributed by atoms with van der Waals surface area (Å²) in [5.74, 6) is 1.31. The van der Waals surface area contributed by atoms with Gasteiger partial charge in [0.25, 0.3) is 0 Å². The Morgan fingerprint density at radius 2 is 1.84 bits per heavy atom. The summed E-state index contributed by atoms with van der Waals surface area (Å²) in [5, 5.41) is 9.10. The van der Waals surface area contributed by atoms with Crippen LogP contribution in [0.4, 0.5) is 5.69 Å². The molecule has 0 fully saturated rings. The Labute approximate surface area is 184 Å². The normalized spacial score (nSPS) is 16.3. The van der Waals surface area contributed by atoms with Crippen molar-refractivity contribution in [2.45, 2.75) is 36.7 Å². The summed E-state index contributed by atoms with van der Waals surface area (Å²) in [6, 6.07) is 21.8. The summed E-state index contributed by atoms with van der Waals surface area (Å²) in [6.07, 6.45) is 2.49. The van der Waals surface area contributed by atoms with Gasteiger partial charge in [0.05, 0.1) is 11.5 Å². The van der Waals surface area contributed by atoms with E-state index in [0.717, 1.165) is 17.8 Å². The van der Waals surface area contributed by atoms with Gasteiger partial charge in [-0.05, 0) is 56.2 Å². The van der Waals surface area contributed by atoms with E-state index < -0.39 is 0 Å². The highest BCUT2D eigenvalue weighted by Crippen LogP contribution is 2.36. The topological polar surface area (TPSA) is 64.2 Å². The number of carbonyl (C=O) groups excluding carboxylic acids is 1. The Morgan fingerprint density at radius 3 is 2.61 bits per heavy atom. The molecule has 3 heterocycles. The van der Waals surface area contributed by atoms with Crippen molar-refractivity contribution in [2.24, 2.45) is 0 Å². The summed E-state index contributed by atoms with van der Waals surface area (Å²) in [7, 11) is 0. The molecule has 0 saturated heterocycles. The Morgan fingerprint density at radius 1 is 1.06 bits per heavy atom. The molecule has 0 N–H and O–H groups in total. The van der Waals surface area contributed by atoms with Crippen LogP contribution in [0.3, 0.4) is 0 Å². The number of fused-ring (bicyclic) bond motifs is 1. The number of nitrogens with zero attached hydrogens (tertiary/aromatic N) is 4. The molecule has 0 spiro atoms. The molecule has 4 aromatic rings. The standard InChI is InChI=1S/C24H22N4O2S/c1-16-15-18-9-6-7-12-20(18)27(16)23(29)17(2)31-24-26-25-22(21-13-8-14-30-21)28(24)19-10-4-3-5-11-19/h3-14,16-17H,15H2,1-2H3. The fourth-order valence-corrected chi connectivity index (χ4v) is 4.94. The molecule has 0 radical (unpaired) electrons. The van der Waals surface area contributed by atoms with E-state index in [-0.39, 0.29) is 17.2 Å². The third-order valence-electron chi connectivity index (χ3n) is 5.46. The van der Waals surface area contributed by atoms with Gasteiger partial charge in [-0.25, -0.2) is 0 Å². The molecule has 6 nitrogen and oxygen atoms in total. The summed E-state index contributed by atoms with van der Waals surface area (Å²) in [5.41, 5.74) is 3.14. The smallest absolute Gasteiger partial charge is 0.240 e. The Kier molecular flexibility index (Phi) is 5.11. The van der Waals surface area contributed by atoms with Crippen LogP contribution >= 0.6 is 11.8 Å². The van der Waals surface area contributed by atoms with E-state index in [1.54, 1.807) is 6.26 Å². The molecule has 1 aliphatic heterocycles. The van der Waals surface area contributed by atoms with Crippen molar-refractivity contribution in [1.29, 1.82) is 0 Å². The summed E-state index contributed by atoms with van der Waals surface area (Å²) >= 11 is 1.41. The molecule has 1 aliphatic rings. The van der Waals surface area contributed by atoms with E-state index in [1.165, 1.54) is 17.3 Å². The zero-order valence-electron chi connectivity index (χ0n) is 17.3. The average Bonchev–Trinajstić information content (AvgIpc) is 3.51. The maximum Gasteiger partial charge on any atom is 0.240 e. The fourth-order valence-electron chi connectivity index (χ4n) is 4.03. The van der Waals surface area contributed by atoms with Crippen LogP contribution in [0.15, 0.2) is 82.6 Å². The Bertz CT molecular complexity index is 1200. The van der Waals surface area contributed by atoms with Crippen molar-refractivity contribution in [1.82, 2.24) is 14.8 Å². The SMILES string of the molecule is CC(Sc1nnc(-c2ccco2)n1-c1ccccc1)C(=O)N1c2ccccc2CC1C. The van der Waals surface area contributed by atoms with Crippen LogP contribution in [-0.4, -0.2) is 32.0 Å². The van der Waals surface area contributed by atoms with E-state index >= 15 is 0 Å². The second-order valence-electron chi connectivity index (χ2n) is 7.60. The van der Waals surface area contributed by atoms with Crippen molar-refractivity contribution in [3.8, 4) is 17.3 Å². The third-order valence-corrected chi connectivity index (χ3v) is 6.49. The molecular weight excluding hydrogens is 408 g/mol. The number of thioether (sulfide) groups is 1. The molecule has 0 bridgehead atoms. The molecule has 2 unspecified atom stereocenters. The number of hydrogen-bond donors (Lipinski definition) is 0. The van der Waals surface area contributed by atoms with Gasteiger partial charge in [-0.2, -0.15) is 0 Å². The van der Waals surface area contributed by atoms with E-state index in [0.29, 0.717) is 16.7 Å². The van der Waals surface area contributed by atoms with Crippen LogP contribution in [0.25, 0.3) is 17.3 Å². The first-order chi connectivity index (χ1) is 15.1. The average molecular weight is 431 g/mol. The molecule has 2 aromatic carbocycles. The molecule has 5 rings (SSSR count). The minimum Gasteiger partial charge on any atom is -0.461 e. The highest BCUT2D eigenvalue weighted by molar-refractivity contribution is 8.00. The summed E-state index contributed by atoms with van der Waals surface area (Å²) in [6.45, 7) is 4.02. The number of hydrogen-bond acceptors (Lipinski definition) is 5. The summed E-state index contributed by atoms with van der Waals surface area (Å²) < 4.78 is 7.51. The van der Waals surface area contributed by atoms with E-state index in [2.05, 4.69) is 23.2 Å². The van der Waals surface area contributed by atoms with Gasteiger partial charge in [-0.15, -0.1) is 10.2 Å². The maximum absolute atomic E-state index is 13.4. The zero-order chi connectivity index (χ0) is 21.4. The number of amides is 1. The molecule has 31 heavy (non-hydrogen) atoms. The van der Waals surface area contributed by atoms with E-state index in [4.69, 9.17) is 4.42 Å². The van der Waals surface area contributed by atoms with Gasteiger partial charge >= 0.3 is 0 Å². The number of benzene rings is 2. The van der Waals surface area contributed by atoms with Crippen LogP contribution in [-0.2, 0) is 11.2 Å². The highest BCUT2D eigenvalue weighted by atomic mass is 32.2. The van der Waals surface area contributed by atoms with Crippen LogP contribution in [0.5, 0.6) is 0 Å². The van der Waals surface area contributed by atoms with Gasteiger partial charge in [-0.1, -0.05) is 48.2 Å². The molecule has 2 atom stereocenters. The minimum absolute atomic E-state index is 0.0737. The predicted molar refractivity (Wildman–Crippen MR) is 121 cm³/mol. The minimum atomic E-state index is -0.329. The lowest BCUT2D eigenvalue weighted by Crippen LogP contribution is -2.40. The molecule has 2 aromatic heterocycles. The van der Waals surface area contributed by atoms with Gasteiger partial charge < -0.3 is 9.32 Å². The molecule has 0 saturated carbocycles. The first-order valence-corrected chi connectivity index (χ1v) is 11.1. The number of anilines is 1. The summed E-state index contributed by atoms with van der Waals surface area (Å²) in [4.78, 5) is 15.4. The van der Waals surface area contributed by atoms with Gasteiger partial charge in [-0.3, -0.25) is 9.36 Å². The van der Waals surface area contributed by atoms with E-state index in [9.17, 15) is 4.79 Å². The van der Waals surface area contributed by atoms with Gasteiger partial charge in [0, 0.05) is 17.4 Å². The monoisotopic (exact) mass is 430 g/mol. The molecular formula is C24H22N4O2S. The molecule has 7 heteroatoms. The quantitative estimate of drug-likeness (QED) is 0.418. The number of furan rings is 1. The second kappa shape index (κ2) is 8.07. The first-order valence-electron chi connectivity index (χ1n) is 10.3. The fraction of sp³-hybridized carbons (Fsp3) is 0.208. The van der Waals surface area contributed by atoms with Gasteiger partial charge in [0.1, 0.15) is 0 Å². The maximum atomic E-state index is 13.4. The number of para-hydroxylation sites is 2. The lowest BCUT2D eigenvalue weighted by atomic mass is 10.1. The second-order valence-corrected chi connectivity index (χ2v) is 8.91. The Hall–Kier alpha value is -3.32. The van der Waals surface area contributed by atoms with Gasteiger partial charge in [0.2, 0.25) is 11.7 Å². The van der Waals surface area contributed by atoms with Crippen LogP contribution in [0.1, 0.15) is 19.4 Å². The van der Waals surface area contributed by atoms with Crippen molar-refractivity contribution in [2.75, 3.05) is 4.90 Å². The van der Waals surface area contributed by atoms with Crippen molar-refractivity contribution in [3.05, 3.63) is 78.6 Å². The predicted octanol–water partition coefficient (Wildman–Crippen LogP) is 4.99. The largest absolute Gasteiger partial charge is 0.461 e. The lowest BCUT2D eigenvalue weighted by molar-refractivity contribution is -0.118. The van der Waals surface area contributed by atoms with Crippen LogP contribution < -0.4 is 4.90 Å². The number of aromatic nitrogens is 3. The first kappa shape index (κ1) is 19.6. The van der Waals surface area contributed by atoms with Crippen molar-refractivity contribution >= 4 is 23.4 Å². The lowest BCUT2D eigenvalue weighted by Gasteiger charge is -2.25. The third kappa shape index (κ3) is 3.55. The van der Waals surface area contributed by atoms with Crippen molar-refractivity contribution < 1.29 is 9.21 Å². The molecule has 0 aliphatic carbocycles. The van der Waals surface area contributed by atoms with Gasteiger partial charge in [0.15, 0.2) is 10.9 Å². The van der Waals surface area contributed by atoms with Crippen LogP contribution in [0, 0.1) is 0 Å². The number of rotatable bonds is 5. The Balaban J connectivity index is 1.47. The number of carbonyl (C=O) groups is 1. The van der Waals surface area contributed by atoms with E-state index in [1.807, 2.05) is 77.1 Å².